The number of esters is 1. The van der Waals surface area contributed by atoms with Crippen LogP contribution in [-0.2, 0) is 29.9 Å². The second-order valence-electron chi connectivity index (χ2n) is 8.03. The van der Waals surface area contributed by atoms with Gasteiger partial charge in [-0.05, 0) is 32.4 Å². The number of nitrogens with two attached hydrogens (primary N) is 1. The number of rotatable bonds is 4. The number of hydrogen-bond donors (Lipinski definition) is 1. The van der Waals surface area contributed by atoms with Crippen molar-refractivity contribution in [2.75, 3.05) is 18.9 Å². The van der Waals surface area contributed by atoms with Crippen LogP contribution in [0.5, 0.6) is 5.75 Å². The topological polar surface area (TPSA) is 141 Å². The van der Waals surface area contributed by atoms with Crippen LogP contribution in [0.3, 0.4) is 0 Å². The molecule has 0 saturated carbocycles. The van der Waals surface area contributed by atoms with Gasteiger partial charge in [0.1, 0.15) is 17.6 Å². The van der Waals surface area contributed by atoms with Gasteiger partial charge < -0.3 is 24.3 Å². The SMILES string of the molecule is CC1(C)C[C@H](Cn2cnc3c(N)ncnc32)OCP(=O)(Oc2ccccc2)OCOC1=O. The van der Waals surface area contributed by atoms with E-state index < -0.39 is 31.9 Å². The fraction of sp³-hybridized carbons (Fsp3) is 0.400. The number of cyclic esters (lactones) is 1. The number of aromatic nitrogens is 4. The van der Waals surface area contributed by atoms with E-state index in [1.54, 1.807) is 55.1 Å². The van der Waals surface area contributed by atoms with Gasteiger partial charge in [-0.3, -0.25) is 9.32 Å². The molecule has 2 aromatic heterocycles. The summed E-state index contributed by atoms with van der Waals surface area (Å²) in [5.74, 6) is 0.118. The molecule has 1 fully saturated rings. The molecule has 1 aromatic carbocycles. The van der Waals surface area contributed by atoms with Crippen molar-refractivity contribution < 1.29 is 27.9 Å². The number of imidazole rings is 1. The van der Waals surface area contributed by atoms with E-state index in [1.807, 2.05) is 0 Å². The van der Waals surface area contributed by atoms with E-state index >= 15 is 0 Å². The molecule has 1 unspecified atom stereocenters. The van der Waals surface area contributed by atoms with E-state index in [1.165, 1.54) is 6.33 Å². The van der Waals surface area contributed by atoms with Gasteiger partial charge in [0.2, 0.25) is 6.79 Å². The molecule has 2 atom stereocenters. The van der Waals surface area contributed by atoms with E-state index in [4.69, 9.17) is 24.3 Å². The summed E-state index contributed by atoms with van der Waals surface area (Å²) in [6, 6.07) is 8.59. The lowest BCUT2D eigenvalue weighted by Crippen LogP contribution is -2.35. The maximum Gasteiger partial charge on any atom is 0.407 e. The van der Waals surface area contributed by atoms with Crippen LogP contribution in [0.2, 0.25) is 0 Å². The van der Waals surface area contributed by atoms with Crippen LogP contribution in [0, 0.1) is 5.41 Å². The Bertz CT molecular complexity index is 1150. The summed E-state index contributed by atoms with van der Waals surface area (Å²) in [7, 11) is -3.78. The predicted molar refractivity (Wildman–Crippen MR) is 115 cm³/mol. The molecule has 0 amide bonds. The molecule has 0 bridgehead atoms. The summed E-state index contributed by atoms with van der Waals surface area (Å²) >= 11 is 0. The highest BCUT2D eigenvalue weighted by Crippen LogP contribution is 2.49. The minimum atomic E-state index is -3.78. The van der Waals surface area contributed by atoms with Gasteiger partial charge in [0.05, 0.1) is 24.4 Å². The first-order chi connectivity index (χ1) is 15.3. The molecule has 0 spiro atoms. The summed E-state index contributed by atoms with van der Waals surface area (Å²) in [4.78, 5) is 25.0. The molecule has 3 aromatic rings. The standard InChI is InChI=1S/C20H24N5O6P/c1-20(2)8-15(9-25-11-24-16-17(21)22-10-23-18(16)25)29-13-32(27,30-12-28-19(20)26)31-14-6-4-3-5-7-14/h3-7,10-11,15H,8-9,12-13H2,1-2H3,(H2,21,22,23)/t15-,32?/m1/s1. The first kappa shape index (κ1) is 22.2. The molecule has 3 heterocycles. The molecule has 0 radical (unpaired) electrons. The quantitative estimate of drug-likeness (QED) is 0.455. The van der Waals surface area contributed by atoms with Gasteiger partial charge in [0, 0.05) is 0 Å². The van der Waals surface area contributed by atoms with Crippen molar-refractivity contribution in [3.63, 3.8) is 0 Å². The molecule has 2 N–H and O–H groups in total. The van der Waals surface area contributed by atoms with Crippen molar-refractivity contribution in [1.82, 2.24) is 19.5 Å². The van der Waals surface area contributed by atoms with Crippen LogP contribution in [0.15, 0.2) is 43.0 Å². The average Bonchev–Trinajstić information content (AvgIpc) is 3.16. The summed E-state index contributed by atoms with van der Waals surface area (Å²) < 4.78 is 37.2. The second-order valence-corrected chi connectivity index (χ2v) is 9.95. The summed E-state index contributed by atoms with van der Waals surface area (Å²) in [6.45, 7) is 3.27. The number of benzene rings is 1. The van der Waals surface area contributed by atoms with E-state index in [0.29, 0.717) is 16.9 Å². The molecular weight excluding hydrogens is 437 g/mol. The molecule has 0 aliphatic carbocycles. The Hall–Kier alpha value is -3.01. The average molecular weight is 461 g/mol. The third-order valence-electron chi connectivity index (χ3n) is 5.02. The summed E-state index contributed by atoms with van der Waals surface area (Å²) in [6.07, 6.45) is 2.32. The Morgan fingerprint density at radius 2 is 2.03 bits per heavy atom. The third-order valence-corrected chi connectivity index (χ3v) is 6.47. The fourth-order valence-electron chi connectivity index (χ4n) is 3.36. The van der Waals surface area contributed by atoms with Crippen LogP contribution in [-0.4, -0.2) is 44.7 Å². The van der Waals surface area contributed by atoms with Crippen LogP contribution in [0.4, 0.5) is 5.82 Å². The first-order valence-corrected chi connectivity index (χ1v) is 11.7. The molecule has 1 aliphatic heterocycles. The number of ether oxygens (including phenoxy) is 2. The zero-order valence-corrected chi connectivity index (χ0v) is 18.6. The first-order valence-electron chi connectivity index (χ1n) is 9.94. The number of carbonyl (C=O) groups is 1. The van der Waals surface area contributed by atoms with Crippen molar-refractivity contribution in [3.05, 3.63) is 43.0 Å². The smallest absolute Gasteiger partial charge is 0.407 e. The maximum atomic E-state index is 13.3. The number of nitrogens with zero attached hydrogens (tertiary/aromatic N) is 4. The highest BCUT2D eigenvalue weighted by Gasteiger charge is 2.38. The lowest BCUT2D eigenvalue weighted by molar-refractivity contribution is -0.164. The number of nitrogen functional groups attached to an aromatic ring is 1. The molecule has 11 nitrogen and oxygen atoms in total. The molecule has 12 heteroatoms. The van der Waals surface area contributed by atoms with Crippen LogP contribution < -0.4 is 10.3 Å². The molecular formula is C20H24N5O6P. The van der Waals surface area contributed by atoms with Crippen molar-refractivity contribution in [1.29, 1.82) is 0 Å². The summed E-state index contributed by atoms with van der Waals surface area (Å²) in [5, 5.41) is 0. The Morgan fingerprint density at radius 1 is 1.25 bits per heavy atom. The van der Waals surface area contributed by atoms with E-state index in [0.717, 1.165) is 0 Å². The minimum absolute atomic E-state index is 0.263. The van der Waals surface area contributed by atoms with Gasteiger partial charge in [0.25, 0.3) is 0 Å². The third kappa shape index (κ3) is 4.90. The monoisotopic (exact) mass is 461 g/mol. The lowest BCUT2D eigenvalue weighted by atomic mass is 9.86. The van der Waals surface area contributed by atoms with E-state index in [2.05, 4.69) is 15.0 Å². The summed E-state index contributed by atoms with van der Waals surface area (Å²) in [5.41, 5.74) is 5.98. The van der Waals surface area contributed by atoms with E-state index in [-0.39, 0.29) is 25.1 Å². The fourth-order valence-corrected chi connectivity index (χ4v) is 4.59. The van der Waals surface area contributed by atoms with Crippen molar-refractivity contribution in [3.8, 4) is 5.75 Å². The molecule has 1 saturated heterocycles. The molecule has 170 valence electrons. The zero-order valence-electron chi connectivity index (χ0n) is 17.7. The minimum Gasteiger partial charge on any atom is -0.438 e. The lowest BCUT2D eigenvalue weighted by Gasteiger charge is -2.31. The zero-order chi connectivity index (χ0) is 22.8. The predicted octanol–water partition coefficient (Wildman–Crippen LogP) is 2.97. The molecule has 32 heavy (non-hydrogen) atoms. The van der Waals surface area contributed by atoms with Crippen molar-refractivity contribution in [2.45, 2.75) is 32.9 Å². The van der Waals surface area contributed by atoms with Crippen LogP contribution in [0.25, 0.3) is 11.2 Å². The largest absolute Gasteiger partial charge is 0.438 e. The van der Waals surface area contributed by atoms with Gasteiger partial charge in [-0.1, -0.05) is 18.2 Å². The second kappa shape index (κ2) is 8.85. The van der Waals surface area contributed by atoms with Crippen LogP contribution in [0.1, 0.15) is 20.3 Å². The number of hydrogen-bond acceptors (Lipinski definition) is 10. The Balaban J connectivity index is 1.59. The highest BCUT2D eigenvalue weighted by atomic mass is 31.2. The van der Waals surface area contributed by atoms with Gasteiger partial charge in [-0.15, -0.1) is 0 Å². The highest BCUT2D eigenvalue weighted by molar-refractivity contribution is 7.54. The number of carbonyl (C=O) groups excluding carboxylic acids is 1. The Kier molecular flexibility index (Phi) is 6.14. The van der Waals surface area contributed by atoms with Gasteiger partial charge >= 0.3 is 13.6 Å². The van der Waals surface area contributed by atoms with E-state index in [9.17, 15) is 9.36 Å². The number of anilines is 1. The number of para-hydroxylation sites is 1. The molecule has 1 aliphatic rings. The number of fused-ring (bicyclic) bond motifs is 1. The Labute approximate surface area is 184 Å². The van der Waals surface area contributed by atoms with Gasteiger partial charge in [0.15, 0.2) is 17.8 Å². The maximum absolute atomic E-state index is 13.3. The van der Waals surface area contributed by atoms with Gasteiger partial charge in [-0.2, -0.15) is 0 Å². The van der Waals surface area contributed by atoms with Gasteiger partial charge in [-0.25, -0.2) is 19.5 Å². The normalized spacial score (nSPS) is 24.1. The van der Waals surface area contributed by atoms with Crippen molar-refractivity contribution in [2.24, 2.45) is 5.41 Å². The van der Waals surface area contributed by atoms with Crippen molar-refractivity contribution >= 4 is 30.5 Å². The van der Waals surface area contributed by atoms with Crippen LogP contribution >= 0.6 is 7.60 Å². The Morgan fingerprint density at radius 3 is 2.81 bits per heavy atom. The molecule has 4 rings (SSSR count).